The minimum Gasteiger partial charge on any atom is -0.483 e. The molecular weight excluding hydrogens is 154 g/mol. The number of anilines is 1. The predicted octanol–water partition coefficient (Wildman–Crippen LogP) is 0.773. The number of carbonyl (C=O) groups excluding carboxylic acids is 1. The summed E-state index contributed by atoms with van der Waals surface area (Å²) < 4.78 is 5.19. The Balaban J connectivity index is 2.48. The highest BCUT2D eigenvalue weighted by Gasteiger charge is 2.17. The first-order chi connectivity index (χ1) is 5.77. The van der Waals surface area contributed by atoms with Crippen LogP contribution in [0.4, 0.5) is 5.69 Å². The molecule has 1 aliphatic rings. The molecule has 0 unspecified atom stereocenters. The van der Waals surface area contributed by atoms with Gasteiger partial charge in [-0.25, -0.2) is 0 Å². The van der Waals surface area contributed by atoms with Gasteiger partial charge in [-0.15, -0.1) is 0 Å². The zero-order chi connectivity index (χ0) is 8.55. The molecule has 0 amide bonds. The van der Waals surface area contributed by atoms with Crippen LogP contribution in [0.5, 0.6) is 5.75 Å². The topological polar surface area (TPSA) is 52.3 Å². The maximum Gasteiger partial charge on any atom is 0.174 e. The Morgan fingerprint density at radius 2 is 2.25 bits per heavy atom. The average Bonchev–Trinajstić information content (AvgIpc) is 2.04. The van der Waals surface area contributed by atoms with Crippen LogP contribution in [0, 0.1) is 0 Å². The minimum absolute atomic E-state index is 0.105. The van der Waals surface area contributed by atoms with Crippen LogP contribution in [0.3, 0.4) is 0 Å². The van der Waals surface area contributed by atoms with Gasteiger partial charge in [-0.2, -0.15) is 0 Å². The molecule has 0 aliphatic carbocycles. The second-order valence-electron chi connectivity index (χ2n) is 2.84. The highest BCUT2D eigenvalue weighted by Crippen LogP contribution is 2.29. The quantitative estimate of drug-likeness (QED) is 0.575. The zero-order valence-corrected chi connectivity index (χ0v) is 6.54. The number of rotatable bonds is 0. The van der Waals surface area contributed by atoms with Crippen molar-refractivity contribution >= 4 is 11.5 Å². The van der Waals surface area contributed by atoms with E-state index in [9.17, 15) is 4.79 Å². The molecule has 2 rings (SSSR count). The fourth-order valence-corrected chi connectivity index (χ4v) is 1.34. The number of ether oxygens (including phenoxy) is 1. The van der Waals surface area contributed by atoms with Gasteiger partial charge in [0.05, 0.1) is 5.69 Å². The van der Waals surface area contributed by atoms with Crippen molar-refractivity contribution in [3.63, 3.8) is 0 Å². The van der Waals surface area contributed by atoms with Gasteiger partial charge < -0.3 is 10.5 Å². The van der Waals surface area contributed by atoms with Crippen LogP contribution < -0.4 is 10.5 Å². The van der Waals surface area contributed by atoms with Crippen molar-refractivity contribution in [3.8, 4) is 5.75 Å². The highest BCUT2D eigenvalue weighted by molar-refractivity contribution is 5.85. The van der Waals surface area contributed by atoms with Crippen LogP contribution in [-0.2, 0) is 11.2 Å². The van der Waals surface area contributed by atoms with Crippen molar-refractivity contribution in [2.24, 2.45) is 0 Å². The first kappa shape index (κ1) is 7.16. The summed E-state index contributed by atoms with van der Waals surface area (Å²) in [7, 11) is 0. The predicted molar refractivity (Wildman–Crippen MR) is 45.1 cm³/mol. The minimum atomic E-state index is 0.105. The molecule has 0 aromatic heterocycles. The Hall–Kier alpha value is -1.51. The van der Waals surface area contributed by atoms with Gasteiger partial charge in [0, 0.05) is 12.0 Å². The number of Topliss-reactive ketones (excluding diaryl/α,β-unsaturated/α-hetero) is 1. The Morgan fingerprint density at radius 1 is 1.42 bits per heavy atom. The molecule has 3 heteroatoms. The first-order valence-electron chi connectivity index (χ1n) is 3.79. The third kappa shape index (κ3) is 1.03. The maximum absolute atomic E-state index is 11.0. The van der Waals surface area contributed by atoms with Crippen molar-refractivity contribution < 1.29 is 9.53 Å². The maximum atomic E-state index is 11.0. The Bertz CT molecular complexity index is 333. The molecule has 2 N–H and O–H groups in total. The van der Waals surface area contributed by atoms with Crippen molar-refractivity contribution in [2.45, 2.75) is 6.42 Å². The second kappa shape index (κ2) is 2.52. The number of ketones is 1. The Kier molecular flexibility index (Phi) is 1.50. The van der Waals surface area contributed by atoms with Crippen molar-refractivity contribution in [1.29, 1.82) is 0 Å². The molecule has 0 atom stereocenters. The number of nitrogens with two attached hydrogens (primary N) is 1. The lowest BCUT2D eigenvalue weighted by molar-refractivity contribution is -0.121. The lowest BCUT2D eigenvalue weighted by atomic mass is 10.0. The van der Waals surface area contributed by atoms with Crippen molar-refractivity contribution in [1.82, 2.24) is 0 Å². The second-order valence-corrected chi connectivity index (χ2v) is 2.84. The molecule has 0 saturated heterocycles. The van der Waals surface area contributed by atoms with E-state index in [2.05, 4.69) is 0 Å². The smallest absolute Gasteiger partial charge is 0.174 e. The largest absolute Gasteiger partial charge is 0.483 e. The molecule has 0 saturated carbocycles. The number of hydrogen-bond donors (Lipinski definition) is 1. The third-order valence-electron chi connectivity index (χ3n) is 1.89. The van der Waals surface area contributed by atoms with E-state index in [0.717, 1.165) is 5.56 Å². The lowest BCUT2D eigenvalue weighted by Crippen LogP contribution is -2.20. The molecular formula is C9H9NO2. The van der Waals surface area contributed by atoms with Crippen LogP contribution in [0.1, 0.15) is 5.56 Å². The summed E-state index contributed by atoms with van der Waals surface area (Å²) in [5.41, 5.74) is 7.16. The van der Waals surface area contributed by atoms with E-state index in [0.29, 0.717) is 17.9 Å². The summed E-state index contributed by atoms with van der Waals surface area (Å²) in [5, 5.41) is 0. The monoisotopic (exact) mass is 163 g/mol. The van der Waals surface area contributed by atoms with E-state index in [1.54, 1.807) is 6.07 Å². The molecule has 0 fully saturated rings. The normalized spacial score (nSPS) is 15.2. The van der Waals surface area contributed by atoms with Gasteiger partial charge in [-0.3, -0.25) is 4.79 Å². The molecule has 1 aliphatic heterocycles. The Labute approximate surface area is 70.1 Å². The van der Waals surface area contributed by atoms with Crippen LogP contribution >= 0.6 is 0 Å². The van der Waals surface area contributed by atoms with Gasteiger partial charge >= 0.3 is 0 Å². The number of hydrogen-bond acceptors (Lipinski definition) is 3. The number of fused-ring (bicyclic) bond motifs is 1. The molecule has 62 valence electrons. The SMILES string of the molecule is Nc1cccc2c1OCC(=O)C2. The van der Waals surface area contributed by atoms with Crippen LogP contribution in [0.2, 0.25) is 0 Å². The summed E-state index contributed by atoms with van der Waals surface area (Å²) in [6.45, 7) is 0.154. The van der Waals surface area contributed by atoms with Gasteiger partial charge in [-0.05, 0) is 6.07 Å². The first-order valence-corrected chi connectivity index (χ1v) is 3.79. The molecule has 1 aromatic rings. The molecule has 3 nitrogen and oxygen atoms in total. The standard InChI is InChI=1S/C9H9NO2/c10-8-3-1-2-6-4-7(11)5-12-9(6)8/h1-3H,4-5,10H2. The number of nitrogen functional groups attached to an aromatic ring is 1. The van der Waals surface area contributed by atoms with Gasteiger partial charge in [-0.1, -0.05) is 12.1 Å². The summed E-state index contributed by atoms with van der Waals surface area (Å²) >= 11 is 0. The van der Waals surface area contributed by atoms with E-state index < -0.39 is 0 Å². The van der Waals surface area contributed by atoms with E-state index in [1.807, 2.05) is 12.1 Å². The van der Waals surface area contributed by atoms with Gasteiger partial charge in [0.1, 0.15) is 12.4 Å². The number of benzene rings is 1. The van der Waals surface area contributed by atoms with Crippen LogP contribution in [0.15, 0.2) is 18.2 Å². The fourth-order valence-electron chi connectivity index (χ4n) is 1.34. The summed E-state index contributed by atoms with van der Waals surface area (Å²) in [5.74, 6) is 0.783. The van der Waals surface area contributed by atoms with Crippen molar-refractivity contribution in [3.05, 3.63) is 23.8 Å². The summed E-state index contributed by atoms with van der Waals surface area (Å²) in [6.07, 6.45) is 0.445. The van der Waals surface area contributed by atoms with E-state index >= 15 is 0 Å². The highest BCUT2D eigenvalue weighted by atomic mass is 16.5. The van der Waals surface area contributed by atoms with E-state index in [4.69, 9.17) is 10.5 Å². The molecule has 0 radical (unpaired) electrons. The van der Waals surface area contributed by atoms with E-state index in [1.165, 1.54) is 0 Å². The van der Waals surface area contributed by atoms with Gasteiger partial charge in [0.25, 0.3) is 0 Å². The zero-order valence-electron chi connectivity index (χ0n) is 6.54. The van der Waals surface area contributed by atoms with Gasteiger partial charge in [0.15, 0.2) is 5.78 Å². The van der Waals surface area contributed by atoms with E-state index in [-0.39, 0.29) is 12.4 Å². The summed E-state index contributed by atoms with van der Waals surface area (Å²) in [6, 6.07) is 5.47. The molecule has 12 heavy (non-hydrogen) atoms. The third-order valence-corrected chi connectivity index (χ3v) is 1.89. The summed E-state index contributed by atoms with van der Waals surface area (Å²) in [4.78, 5) is 11.0. The molecule has 0 bridgehead atoms. The average molecular weight is 163 g/mol. The lowest BCUT2D eigenvalue weighted by Gasteiger charge is -2.17. The van der Waals surface area contributed by atoms with Gasteiger partial charge in [0.2, 0.25) is 0 Å². The molecule has 1 heterocycles. The number of para-hydroxylation sites is 1. The fraction of sp³-hybridized carbons (Fsp3) is 0.222. The molecule has 1 aromatic carbocycles. The van der Waals surface area contributed by atoms with Crippen LogP contribution in [0.25, 0.3) is 0 Å². The number of carbonyl (C=O) groups is 1. The molecule has 0 spiro atoms. The Morgan fingerprint density at radius 3 is 3.08 bits per heavy atom. The van der Waals surface area contributed by atoms with Crippen molar-refractivity contribution in [2.75, 3.05) is 12.3 Å². The van der Waals surface area contributed by atoms with Crippen LogP contribution in [-0.4, -0.2) is 12.4 Å².